The van der Waals surface area contributed by atoms with Crippen LogP contribution in [-0.2, 0) is 42.2 Å². The summed E-state index contributed by atoms with van der Waals surface area (Å²) < 4.78 is 39.6. The van der Waals surface area contributed by atoms with Crippen LogP contribution in [0.3, 0.4) is 0 Å². The zero-order chi connectivity index (χ0) is 52.7. The van der Waals surface area contributed by atoms with Crippen LogP contribution < -0.4 is 0 Å². The summed E-state index contributed by atoms with van der Waals surface area (Å²) in [6.07, 6.45) is 55.6. The summed E-state index contributed by atoms with van der Waals surface area (Å²) in [5, 5.41) is 9.83. The Hall–Kier alpha value is -2.04. The van der Waals surface area contributed by atoms with Crippen LogP contribution in [0, 0.1) is 0 Å². The molecular formula is C60H113O11P. The predicted molar refractivity (Wildman–Crippen MR) is 298 cm³/mol. The number of allylic oxidation sites excluding steroid dienone is 4. The maximum absolute atomic E-state index is 12.9. The van der Waals surface area contributed by atoms with Crippen LogP contribution in [-0.4, -0.2) is 66.5 Å². The Kier molecular flexibility index (Phi) is 53.6. The number of unbranched alkanes of at least 4 members (excludes halogenated alkanes) is 36. The van der Waals surface area contributed by atoms with Crippen molar-refractivity contribution in [2.24, 2.45) is 0 Å². The second-order valence-corrected chi connectivity index (χ2v) is 22.0. The highest BCUT2D eigenvalue weighted by Gasteiger charge is 2.28. The topological polar surface area (TPSA) is 155 Å². The van der Waals surface area contributed by atoms with Crippen molar-refractivity contribution in [3.8, 4) is 0 Å². The van der Waals surface area contributed by atoms with E-state index in [1.807, 2.05) is 0 Å². The first-order valence-electron chi connectivity index (χ1n) is 30.2. The van der Waals surface area contributed by atoms with Crippen molar-refractivity contribution >= 4 is 25.7 Å². The summed E-state index contributed by atoms with van der Waals surface area (Å²) in [5.74, 6) is -1.45. The van der Waals surface area contributed by atoms with Gasteiger partial charge in [-0.15, -0.1) is 0 Å². The summed E-state index contributed by atoms with van der Waals surface area (Å²) >= 11 is 0. The first-order valence-corrected chi connectivity index (χ1v) is 31.7. The van der Waals surface area contributed by atoms with Gasteiger partial charge in [0.25, 0.3) is 0 Å². The maximum atomic E-state index is 12.9. The molecule has 3 unspecified atom stereocenters. The molecule has 0 bridgehead atoms. The van der Waals surface area contributed by atoms with E-state index in [1.165, 1.54) is 167 Å². The number of phosphoric ester groups is 1. The molecule has 0 aromatic rings. The second-order valence-electron chi connectivity index (χ2n) is 20.5. The van der Waals surface area contributed by atoms with E-state index < -0.39 is 57.8 Å². The molecule has 11 nitrogen and oxygen atoms in total. The van der Waals surface area contributed by atoms with E-state index in [0.717, 1.165) is 77.0 Å². The molecule has 0 aliphatic carbocycles. The maximum Gasteiger partial charge on any atom is 0.472 e. The monoisotopic (exact) mass is 1040 g/mol. The minimum Gasteiger partial charge on any atom is -0.462 e. The van der Waals surface area contributed by atoms with Gasteiger partial charge in [0.1, 0.15) is 12.7 Å². The molecule has 0 saturated carbocycles. The summed E-state index contributed by atoms with van der Waals surface area (Å²) in [7, 11) is -4.74. The van der Waals surface area contributed by atoms with Crippen molar-refractivity contribution in [3.05, 3.63) is 24.3 Å². The lowest BCUT2D eigenvalue weighted by atomic mass is 10.0. The van der Waals surface area contributed by atoms with Crippen LogP contribution in [0.4, 0.5) is 0 Å². The third kappa shape index (κ3) is 52.8. The highest BCUT2D eigenvalue weighted by molar-refractivity contribution is 7.47. The molecule has 72 heavy (non-hydrogen) atoms. The largest absolute Gasteiger partial charge is 0.472 e. The van der Waals surface area contributed by atoms with Crippen molar-refractivity contribution in [1.29, 1.82) is 0 Å². The summed E-state index contributed by atoms with van der Waals surface area (Å²) in [6.45, 7) is 4.66. The van der Waals surface area contributed by atoms with Gasteiger partial charge in [0.2, 0.25) is 0 Å². The summed E-state index contributed by atoms with van der Waals surface area (Å²) in [6, 6.07) is 0. The fourth-order valence-corrected chi connectivity index (χ4v) is 9.53. The molecular weight excluding hydrogens is 928 g/mol. The van der Waals surface area contributed by atoms with E-state index in [9.17, 15) is 28.9 Å². The number of carbonyl (C=O) groups excluding carboxylic acids is 3. The quantitative estimate of drug-likeness (QED) is 0.0197. The number of aliphatic hydroxyl groups is 1. The third-order valence-corrected chi connectivity index (χ3v) is 14.3. The Morgan fingerprint density at radius 1 is 0.389 bits per heavy atom. The summed E-state index contributed by atoms with van der Waals surface area (Å²) in [4.78, 5) is 48.5. The van der Waals surface area contributed by atoms with E-state index in [0.29, 0.717) is 19.3 Å². The third-order valence-electron chi connectivity index (χ3n) is 13.4. The molecule has 0 aromatic heterocycles. The predicted octanol–water partition coefficient (Wildman–Crippen LogP) is 17.8. The van der Waals surface area contributed by atoms with Crippen LogP contribution in [0.2, 0.25) is 0 Å². The first-order chi connectivity index (χ1) is 35.2. The molecule has 2 N–H and O–H groups in total. The van der Waals surface area contributed by atoms with Crippen molar-refractivity contribution < 1.29 is 52.2 Å². The zero-order valence-electron chi connectivity index (χ0n) is 46.9. The highest BCUT2D eigenvalue weighted by atomic mass is 31.2. The number of hydrogen-bond acceptors (Lipinski definition) is 10. The lowest BCUT2D eigenvalue weighted by molar-refractivity contribution is -0.161. The molecule has 0 saturated heterocycles. The average molecular weight is 1040 g/mol. The molecule has 0 fully saturated rings. The van der Waals surface area contributed by atoms with Gasteiger partial charge in [-0.25, -0.2) is 4.57 Å². The fourth-order valence-electron chi connectivity index (χ4n) is 8.74. The molecule has 0 aliphatic rings. The van der Waals surface area contributed by atoms with Gasteiger partial charge in [0.05, 0.1) is 19.8 Å². The first kappa shape index (κ1) is 70.0. The fraction of sp³-hybridized carbons (Fsp3) is 0.883. The molecule has 0 radical (unpaired) electrons. The molecule has 424 valence electrons. The molecule has 0 spiro atoms. The van der Waals surface area contributed by atoms with Crippen molar-refractivity contribution in [2.75, 3.05) is 26.4 Å². The standard InChI is InChI=1S/C60H113O11P/c1-4-7-10-13-16-19-22-24-26-28-30-32-35-38-41-44-47-50-59(63)70-56(52-61)54-68-72(65,66)69-55-57(53-67-58(62)49-46-43-40-37-34-21-18-15-12-9-6-3)71-60(64)51-48-45-42-39-36-33-31-29-27-25-23-20-17-14-11-8-5-2/h17,20,25,27,56-57,61H,4-16,18-19,21-24,26,28-55H2,1-3H3,(H,65,66)/b20-17-,27-25-. The van der Waals surface area contributed by atoms with Crippen LogP contribution in [0.15, 0.2) is 24.3 Å². The number of aliphatic hydroxyl groups excluding tert-OH is 1. The van der Waals surface area contributed by atoms with E-state index in [4.69, 9.17) is 23.3 Å². The Balaban J connectivity index is 4.62. The van der Waals surface area contributed by atoms with Gasteiger partial charge in [-0.1, -0.05) is 257 Å². The van der Waals surface area contributed by atoms with Crippen LogP contribution in [0.25, 0.3) is 0 Å². The Morgan fingerprint density at radius 2 is 0.681 bits per heavy atom. The smallest absolute Gasteiger partial charge is 0.462 e. The van der Waals surface area contributed by atoms with Crippen LogP contribution in [0.5, 0.6) is 0 Å². The van der Waals surface area contributed by atoms with Crippen molar-refractivity contribution in [2.45, 2.75) is 315 Å². The number of esters is 3. The van der Waals surface area contributed by atoms with Gasteiger partial charge in [-0.05, 0) is 51.4 Å². The number of phosphoric acid groups is 1. The molecule has 0 rings (SSSR count). The number of carbonyl (C=O) groups is 3. The lowest BCUT2D eigenvalue weighted by Gasteiger charge is -2.21. The lowest BCUT2D eigenvalue weighted by Crippen LogP contribution is -2.30. The molecule has 0 aromatic carbocycles. The molecule has 0 aliphatic heterocycles. The Morgan fingerprint density at radius 3 is 1.06 bits per heavy atom. The van der Waals surface area contributed by atoms with Crippen LogP contribution >= 0.6 is 7.82 Å². The van der Waals surface area contributed by atoms with Gasteiger partial charge < -0.3 is 24.2 Å². The number of hydrogen-bond donors (Lipinski definition) is 2. The van der Waals surface area contributed by atoms with Crippen molar-refractivity contribution in [1.82, 2.24) is 0 Å². The van der Waals surface area contributed by atoms with Gasteiger partial charge in [0, 0.05) is 19.3 Å². The average Bonchev–Trinajstić information content (AvgIpc) is 3.37. The minimum atomic E-state index is -4.74. The SMILES string of the molecule is CCCCC/C=C\C/C=C\CCCCCCCCCC(=O)OC(COC(=O)CCCCCCCCCCCCC)COP(=O)(O)OCC(CO)OC(=O)CCCCCCCCCCCCCCCCCCC. The molecule has 0 amide bonds. The van der Waals surface area contributed by atoms with Gasteiger partial charge in [-0.3, -0.25) is 23.4 Å². The van der Waals surface area contributed by atoms with Gasteiger partial charge in [-0.2, -0.15) is 0 Å². The second kappa shape index (κ2) is 55.2. The number of rotatable bonds is 57. The Labute approximate surface area is 442 Å². The molecule has 3 atom stereocenters. The van der Waals surface area contributed by atoms with E-state index in [-0.39, 0.29) is 25.9 Å². The highest BCUT2D eigenvalue weighted by Crippen LogP contribution is 2.43. The van der Waals surface area contributed by atoms with Gasteiger partial charge >= 0.3 is 25.7 Å². The van der Waals surface area contributed by atoms with Crippen molar-refractivity contribution in [3.63, 3.8) is 0 Å². The van der Waals surface area contributed by atoms with Gasteiger partial charge in [0.15, 0.2) is 6.10 Å². The number of ether oxygens (including phenoxy) is 3. The normalized spacial score (nSPS) is 13.5. The molecule has 12 heteroatoms. The Bertz CT molecular complexity index is 1310. The molecule has 0 heterocycles. The zero-order valence-corrected chi connectivity index (χ0v) is 47.8. The summed E-state index contributed by atoms with van der Waals surface area (Å²) in [5.41, 5.74) is 0. The minimum absolute atomic E-state index is 0.164. The van der Waals surface area contributed by atoms with E-state index >= 15 is 0 Å². The van der Waals surface area contributed by atoms with Crippen LogP contribution in [0.1, 0.15) is 303 Å². The van der Waals surface area contributed by atoms with E-state index in [1.54, 1.807) is 0 Å². The van der Waals surface area contributed by atoms with E-state index in [2.05, 4.69) is 45.1 Å².